The minimum Gasteiger partial charge on any atom is -0.290 e. The first-order valence-electron chi connectivity index (χ1n) is 8.12. The summed E-state index contributed by atoms with van der Waals surface area (Å²) in [6.45, 7) is 4.20. The van der Waals surface area contributed by atoms with Crippen molar-refractivity contribution in [3.05, 3.63) is 60.6 Å². The number of fused-ring (bicyclic) bond motifs is 1. The molecule has 0 aliphatic carbocycles. The number of benzene rings is 1. The van der Waals surface area contributed by atoms with Gasteiger partial charge in [0, 0.05) is 18.3 Å². The Kier molecular flexibility index (Phi) is 3.45. The zero-order valence-corrected chi connectivity index (χ0v) is 13.7. The Morgan fingerprint density at radius 3 is 2.67 bits per heavy atom. The maximum atomic E-state index is 13.1. The third-order valence-corrected chi connectivity index (χ3v) is 4.51. The van der Waals surface area contributed by atoms with E-state index >= 15 is 0 Å². The normalized spacial score (nSPS) is 20.0. The molecule has 0 saturated carbocycles. The van der Waals surface area contributed by atoms with E-state index in [0.717, 1.165) is 17.9 Å². The van der Waals surface area contributed by atoms with Crippen LogP contribution in [0.3, 0.4) is 0 Å². The number of aromatic nitrogens is 4. The summed E-state index contributed by atoms with van der Waals surface area (Å²) >= 11 is 0. The SMILES string of the molecule is C[C@@H]1C[C@H](C)N(C(=O)c2cnn(-c3ccccc3)c2)c2ccnn21. The highest BCUT2D eigenvalue weighted by molar-refractivity contribution is 6.06. The Morgan fingerprint density at radius 1 is 1.08 bits per heavy atom. The Balaban J connectivity index is 1.68. The highest BCUT2D eigenvalue weighted by Crippen LogP contribution is 2.32. The van der Waals surface area contributed by atoms with Gasteiger partial charge >= 0.3 is 0 Å². The number of nitrogens with zero attached hydrogens (tertiary/aromatic N) is 5. The molecule has 0 radical (unpaired) electrons. The number of para-hydroxylation sites is 1. The molecule has 0 spiro atoms. The van der Waals surface area contributed by atoms with Crippen molar-refractivity contribution in [1.82, 2.24) is 19.6 Å². The molecule has 1 aliphatic rings. The summed E-state index contributed by atoms with van der Waals surface area (Å²) < 4.78 is 3.64. The van der Waals surface area contributed by atoms with Gasteiger partial charge in [0.05, 0.1) is 29.7 Å². The van der Waals surface area contributed by atoms with Crippen molar-refractivity contribution in [2.45, 2.75) is 32.4 Å². The van der Waals surface area contributed by atoms with Crippen molar-refractivity contribution in [3.8, 4) is 5.69 Å². The van der Waals surface area contributed by atoms with Crippen LogP contribution in [0.4, 0.5) is 5.82 Å². The maximum absolute atomic E-state index is 13.1. The molecule has 2 atom stereocenters. The lowest BCUT2D eigenvalue weighted by Gasteiger charge is -2.36. The lowest BCUT2D eigenvalue weighted by atomic mass is 10.0. The van der Waals surface area contributed by atoms with E-state index < -0.39 is 0 Å². The molecule has 1 aliphatic heterocycles. The number of rotatable bonds is 2. The van der Waals surface area contributed by atoms with Crippen LogP contribution < -0.4 is 4.90 Å². The summed E-state index contributed by atoms with van der Waals surface area (Å²) in [6, 6.07) is 12.1. The molecule has 0 saturated heterocycles. The van der Waals surface area contributed by atoms with Crippen LogP contribution in [0.1, 0.15) is 36.7 Å². The summed E-state index contributed by atoms with van der Waals surface area (Å²) in [7, 11) is 0. The van der Waals surface area contributed by atoms with Crippen LogP contribution in [0.2, 0.25) is 0 Å². The molecule has 2 aromatic heterocycles. The second-order valence-electron chi connectivity index (χ2n) is 6.25. The summed E-state index contributed by atoms with van der Waals surface area (Å²) in [6.07, 6.45) is 6.04. The summed E-state index contributed by atoms with van der Waals surface area (Å²) in [5.41, 5.74) is 1.51. The maximum Gasteiger partial charge on any atom is 0.262 e. The van der Waals surface area contributed by atoms with Gasteiger partial charge in [0.2, 0.25) is 0 Å². The number of anilines is 1. The minimum atomic E-state index is -0.0432. The van der Waals surface area contributed by atoms with E-state index in [1.54, 1.807) is 23.3 Å². The largest absolute Gasteiger partial charge is 0.290 e. The highest BCUT2D eigenvalue weighted by atomic mass is 16.2. The topological polar surface area (TPSA) is 56.0 Å². The van der Waals surface area contributed by atoms with Crippen LogP contribution in [0.15, 0.2) is 55.0 Å². The van der Waals surface area contributed by atoms with Crippen LogP contribution in [-0.4, -0.2) is 31.5 Å². The molecule has 6 heteroatoms. The van der Waals surface area contributed by atoms with E-state index in [1.807, 2.05) is 46.0 Å². The van der Waals surface area contributed by atoms with E-state index in [1.165, 1.54) is 0 Å². The fraction of sp³-hybridized carbons (Fsp3) is 0.278. The molecule has 0 unspecified atom stereocenters. The Morgan fingerprint density at radius 2 is 1.88 bits per heavy atom. The number of amides is 1. The zero-order valence-electron chi connectivity index (χ0n) is 13.7. The predicted octanol–water partition coefficient (Wildman–Crippen LogP) is 3.07. The smallest absolute Gasteiger partial charge is 0.262 e. The molecule has 0 bridgehead atoms. The monoisotopic (exact) mass is 321 g/mol. The average molecular weight is 321 g/mol. The zero-order chi connectivity index (χ0) is 16.7. The van der Waals surface area contributed by atoms with Gasteiger partial charge in [-0.2, -0.15) is 10.2 Å². The van der Waals surface area contributed by atoms with Crippen LogP contribution in [-0.2, 0) is 0 Å². The van der Waals surface area contributed by atoms with Crippen LogP contribution in [0, 0.1) is 0 Å². The first-order chi connectivity index (χ1) is 11.6. The summed E-state index contributed by atoms with van der Waals surface area (Å²) in [4.78, 5) is 14.9. The van der Waals surface area contributed by atoms with E-state index in [4.69, 9.17) is 0 Å². The van der Waals surface area contributed by atoms with Gasteiger partial charge in [-0.3, -0.25) is 9.69 Å². The van der Waals surface area contributed by atoms with Crippen molar-refractivity contribution in [2.24, 2.45) is 0 Å². The average Bonchev–Trinajstić information content (AvgIpc) is 3.25. The quantitative estimate of drug-likeness (QED) is 0.729. The lowest BCUT2D eigenvalue weighted by Crippen LogP contribution is -2.44. The van der Waals surface area contributed by atoms with Gasteiger partial charge < -0.3 is 0 Å². The van der Waals surface area contributed by atoms with Crippen LogP contribution in [0.5, 0.6) is 0 Å². The molecule has 1 aromatic carbocycles. The summed E-state index contributed by atoms with van der Waals surface area (Å²) in [5, 5.41) is 8.69. The third-order valence-electron chi connectivity index (χ3n) is 4.51. The van der Waals surface area contributed by atoms with E-state index in [-0.39, 0.29) is 11.9 Å². The van der Waals surface area contributed by atoms with Gasteiger partial charge in [-0.15, -0.1) is 0 Å². The number of carbonyl (C=O) groups is 1. The second kappa shape index (κ2) is 5.63. The molecule has 24 heavy (non-hydrogen) atoms. The van der Waals surface area contributed by atoms with Gasteiger partial charge in [-0.05, 0) is 32.4 Å². The molecule has 1 amide bonds. The lowest BCUT2D eigenvalue weighted by molar-refractivity contribution is 0.0966. The number of carbonyl (C=O) groups excluding carboxylic acids is 1. The van der Waals surface area contributed by atoms with Gasteiger partial charge in [0.1, 0.15) is 5.82 Å². The third kappa shape index (κ3) is 2.31. The molecule has 3 heterocycles. The van der Waals surface area contributed by atoms with E-state index in [2.05, 4.69) is 24.0 Å². The molecule has 4 rings (SSSR count). The minimum absolute atomic E-state index is 0.0432. The number of hydrogen-bond acceptors (Lipinski definition) is 3. The first kappa shape index (κ1) is 14.7. The van der Waals surface area contributed by atoms with Crippen LogP contribution >= 0.6 is 0 Å². The fourth-order valence-corrected chi connectivity index (χ4v) is 3.36. The Bertz CT molecular complexity index is 866. The molecule has 6 nitrogen and oxygen atoms in total. The van der Waals surface area contributed by atoms with Gasteiger partial charge in [-0.1, -0.05) is 18.2 Å². The van der Waals surface area contributed by atoms with Crippen LogP contribution in [0.25, 0.3) is 5.69 Å². The van der Waals surface area contributed by atoms with Gasteiger partial charge in [0.25, 0.3) is 5.91 Å². The van der Waals surface area contributed by atoms with Crippen molar-refractivity contribution >= 4 is 11.7 Å². The van der Waals surface area contributed by atoms with E-state index in [9.17, 15) is 4.79 Å². The van der Waals surface area contributed by atoms with Gasteiger partial charge in [0.15, 0.2) is 0 Å². The van der Waals surface area contributed by atoms with Crippen molar-refractivity contribution < 1.29 is 4.79 Å². The molecule has 0 N–H and O–H groups in total. The molecule has 3 aromatic rings. The molecular weight excluding hydrogens is 302 g/mol. The second-order valence-corrected chi connectivity index (χ2v) is 6.25. The molecular formula is C18H19N5O. The fourth-order valence-electron chi connectivity index (χ4n) is 3.36. The number of hydrogen-bond donors (Lipinski definition) is 0. The van der Waals surface area contributed by atoms with Gasteiger partial charge in [-0.25, -0.2) is 9.36 Å². The molecule has 0 fully saturated rings. The Hall–Kier alpha value is -2.89. The van der Waals surface area contributed by atoms with E-state index in [0.29, 0.717) is 11.6 Å². The summed E-state index contributed by atoms with van der Waals surface area (Å²) in [5.74, 6) is 0.803. The Labute approximate surface area is 140 Å². The van der Waals surface area contributed by atoms with Crippen molar-refractivity contribution in [3.63, 3.8) is 0 Å². The highest BCUT2D eigenvalue weighted by Gasteiger charge is 2.33. The van der Waals surface area contributed by atoms with Crippen molar-refractivity contribution in [2.75, 3.05) is 4.90 Å². The van der Waals surface area contributed by atoms with Crippen molar-refractivity contribution in [1.29, 1.82) is 0 Å². The first-order valence-corrected chi connectivity index (χ1v) is 8.12. The molecule has 122 valence electrons. The predicted molar refractivity (Wildman–Crippen MR) is 91.4 cm³/mol. The standard InChI is InChI=1S/C18H19N5O/c1-13-10-14(2)23-17(8-9-19-23)22(13)18(24)15-11-20-21(12-15)16-6-4-3-5-7-16/h3-9,11-14H,10H2,1-2H3/t13-,14+/m0/s1.